The molecule has 0 unspecified atom stereocenters. The number of amides is 1. The standard InChI is InChI=1S/C17H18N4O4S/c1-10(2)21-26(24,25)13-6-3-11(4-7-13)16(22)18-12-5-8-14-15(9-12)20-17(23)19-14/h3-10,21H,1-2H3,(H,18,22)(H2,19,20,23). The van der Waals surface area contributed by atoms with Crippen molar-refractivity contribution < 1.29 is 13.2 Å². The Bertz CT molecular complexity index is 1110. The van der Waals surface area contributed by atoms with Gasteiger partial charge in [0.2, 0.25) is 10.0 Å². The molecule has 26 heavy (non-hydrogen) atoms. The molecule has 0 spiro atoms. The van der Waals surface area contributed by atoms with Crippen LogP contribution in [0, 0.1) is 0 Å². The molecule has 1 aromatic heterocycles. The van der Waals surface area contributed by atoms with Gasteiger partial charge in [0.05, 0.1) is 15.9 Å². The van der Waals surface area contributed by atoms with E-state index < -0.39 is 10.0 Å². The Morgan fingerprint density at radius 2 is 1.65 bits per heavy atom. The van der Waals surface area contributed by atoms with Gasteiger partial charge < -0.3 is 15.3 Å². The number of rotatable bonds is 5. The largest absolute Gasteiger partial charge is 0.323 e. The Kier molecular flexibility index (Phi) is 4.66. The number of nitrogens with one attached hydrogen (secondary N) is 4. The molecular formula is C17H18N4O4S. The maximum atomic E-state index is 12.3. The van der Waals surface area contributed by atoms with E-state index in [4.69, 9.17) is 0 Å². The molecule has 0 aliphatic rings. The highest BCUT2D eigenvalue weighted by Gasteiger charge is 2.16. The highest BCUT2D eigenvalue weighted by molar-refractivity contribution is 7.89. The average molecular weight is 374 g/mol. The Morgan fingerprint density at radius 3 is 2.31 bits per heavy atom. The van der Waals surface area contributed by atoms with Gasteiger partial charge in [-0.25, -0.2) is 17.9 Å². The van der Waals surface area contributed by atoms with Crippen LogP contribution in [0.3, 0.4) is 0 Å². The van der Waals surface area contributed by atoms with Gasteiger partial charge in [0.25, 0.3) is 5.91 Å². The van der Waals surface area contributed by atoms with Crippen LogP contribution in [-0.2, 0) is 10.0 Å². The summed E-state index contributed by atoms with van der Waals surface area (Å²) >= 11 is 0. The summed E-state index contributed by atoms with van der Waals surface area (Å²) in [6, 6.07) is 10.4. The highest BCUT2D eigenvalue weighted by Crippen LogP contribution is 2.17. The van der Waals surface area contributed by atoms with Crippen molar-refractivity contribution in [1.82, 2.24) is 14.7 Å². The van der Waals surface area contributed by atoms with Gasteiger partial charge in [-0.2, -0.15) is 0 Å². The van der Waals surface area contributed by atoms with Crippen LogP contribution in [0.1, 0.15) is 24.2 Å². The Hall–Kier alpha value is -2.91. The van der Waals surface area contributed by atoms with Crippen LogP contribution in [0.2, 0.25) is 0 Å². The fraction of sp³-hybridized carbons (Fsp3) is 0.176. The molecule has 0 saturated heterocycles. The minimum atomic E-state index is -3.60. The van der Waals surface area contributed by atoms with E-state index in [1.165, 1.54) is 24.3 Å². The first-order chi connectivity index (χ1) is 12.2. The van der Waals surface area contributed by atoms with Crippen LogP contribution < -0.4 is 15.7 Å². The highest BCUT2D eigenvalue weighted by atomic mass is 32.2. The number of carbonyl (C=O) groups is 1. The van der Waals surface area contributed by atoms with Gasteiger partial charge in [-0.3, -0.25) is 4.79 Å². The van der Waals surface area contributed by atoms with E-state index in [2.05, 4.69) is 20.0 Å². The normalized spacial score (nSPS) is 11.8. The van der Waals surface area contributed by atoms with Crippen molar-refractivity contribution in [1.29, 1.82) is 0 Å². The summed E-state index contributed by atoms with van der Waals surface area (Å²) in [4.78, 5) is 28.9. The van der Waals surface area contributed by atoms with E-state index in [9.17, 15) is 18.0 Å². The molecule has 0 fully saturated rings. The van der Waals surface area contributed by atoms with Crippen molar-refractivity contribution in [3.05, 3.63) is 58.5 Å². The molecule has 0 aliphatic heterocycles. The quantitative estimate of drug-likeness (QED) is 0.543. The molecule has 136 valence electrons. The molecule has 1 amide bonds. The topological polar surface area (TPSA) is 124 Å². The third kappa shape index (κ3) is 3.84. The minimum Gasteiger partial charge on any atom is -0.322 e. The molecule has 0 radical (unpaired) electrons. The first kappa shape index (κ1) is 17.9. The summed E-state index contributed by atoms with van der Waals surface area (Å²) in [5.41, 5.74) is 1.72. The Morgan fingerprint density at radius 1 is 1.00 bits per heavy atom. The van der Waals surface area contributed by atoms with E-state index in [1.54, 1.807) is 32.0 Å². The molecule has 0 aliphatic carbocycles. The molecule has 2 aromatic carbocycles. The van der Waals surface area contributed by atoms with E-state index in [0.29, 0.717) is 22.3 Å². The van der Waals surface area contributed by atoms with Gasteiger partial charge in [0.1, 0.15) is 0 Å². The smallest absolute Gasteiger partial charge is 0.322 e. The molecular weight excluding hydrogens is 356 g/mol. The second kappa shape index (κ2) is 6.77. The zero-order chi connectivity index (χ0) is 18.9. The lowest BCUT2D eigenvalue weighted by atomic mass is 10.2. The van der Waals surface area contributed by atoms with Crippen molar-refractivity contribution in [3.8, 4) is 0 Å². The number of anilines is 1. The van der Waals surface area contributed by atoms with Crippen molar-refractivity contribution in [3.63, 3.8) is 0 Å². The molecule has 0 saturated carbocycles. The Labute approximate surface area is 149 Å². The van der Waals surface area contributed by atoms with E-state index >= 15 is 0 Å². The summed E-state index contributed by atoms with van der Waals surface area (Å²) < 4.78 is 26.7. The third-order valence-corrected chi connectivity index (χ3v) is 5.27. The number of H-pyrrole nitrogens is 2. The predicted octanol–water partition coefficient (Wildman–Crippen LogP) is 1.80. The lowest BCUT2D eigenvalue weighted by molar-refractivity contribution is 0.102. The van der Waals surface area contributed by atoms with Gasteiger partial charge >= 0.3 is 5.69 Å². The molecule has 0 atom stereocenters. The molecule has 1 heterocycles. The number of benzene rings is 2. The summed E-state index contributed by atoms with van der Waals surface area (Å²) in [7, 11) is -3.60. The van der Waals surface area contributed by atoms with Crippen LogP contribution in [0.5, 0.6) is 0 Å². The first-order valence-corrected chi connectivity index (χ1v) is 9.39. The maximum Gasteiger partial charge on any atom is 0.323 e. The Balaban J connectivity index is 1.78. The first-order valence-electron chi connectivity index (χ1n) is 7.90. The van der Waals surface area contributed by atoms with Gasteiger partial charge in [-0.15, -0.1) is 0 Å². The minimum absolute atomic E-state index is 0.0917. The van der Waals surface area contributed by atoms with Gasteiger partial charge in [0.15, 0.2) is 0 Å². The predicted molar refractivity (Wildman–Crippen MR) is 98.8 cm³/mol. The number of carbonyl (C=O) groups excluding carboxylic acids is 1. The fourth-order valence-electron chi connectivity index (χ4n) is 2.48. The molecule has 3 rings (SSSR count). The zero-order valence-corrected chi connectivity index (χ0v) is 15.0. The third-order valence-electron chi connectivity index (χ3n) is 3.59. The molecule has 9 heteroatoms. The van der Waals surface area contributed by atoms with Crippen molar-refractivity contribution in [2.24, 2.45) is 0 Å². The monoisotopic (exact) mass is 374 g/mol. The van der Waals surface area contributed by atoms with Crippen molar-refractivity contribution in [2.45, 2.75) is 24.8 Å². The number of sulfonamides is 1. The van der Waals surface area contributed by atoms with Gasteiger partial charge in [-0.1, -0.05) is 0 Å². The summed E-state index contributed by atoms with van der Waals surface area (Å²) in [6.45, 7) is 3.46. The molecule has 3 aromatic rings. The molecule has 8 nitrogen and oxygen atoms in total. The lowest BCUT2D eigenvalue weighted by Gasteiger charge is -2.10. The van der Waals surface area contributed by atoms with Gasteiger partial charge in [0, 0.05) is 17.3 Å². The summed E-state index contributed by atoms with van der Waals surface area (Å²) in [5, 5.41) is 2.71. The van der Waals surface area contributed by atoms with E-state index in [1.807, 2.05) is 0 Å². The summed E-state index contributed by atoms with van der Waals surface area (Å²) in [5.74, 6) is -0.386. The number of hydrogen-bond donors (Lipinski definition) is 4. The number of hydrogen-bond acceptors (Lipinski definition) is 4. The van der Waals surface area contributed by atoms with Crippen molar-refractivity contribution >= 4 is 32.7 Å². The molecule has 4 N–H and O–H groups in total. The summed E-state index contributed by atoms with van der Waals surface area (Å²) in [6.07, 6.45) is 0. The van der Waals surface area contributed by atoms with Crippen LogP contribution in [0.15, 0.2) is 52.2 Å². The molecule has 0 bridgehead atoms. The lowest BCUT2D eigenvalue weighted by Crippen LogP contribution is -2.30. The number of aromatic nitrogens is 2. The van der Waals surface area contributed by atoms with Crippen LogP contribution >= 0.6 is 0 Å². The number of fused-ring (bicyclic) bond motifs is 1. The maximum absolute atomic E-state index is 12.3. The number of aromatic amines is 2. The zero-order valence-electron chi connectivity index (χ0n) is 14.2. The van der Waals surface area contributed by atoms with Crippen LogP contribution in [0.4, 0.5) is 5.69 Å². The van der Waals surface area contributed by atoms with E-state index in [-0.39, 0.29) is 22.5 Å². The van der Waals surface area contributed by atoms with Crippen LogP contribution in [-0.4, -0.2) is 30.3 Å². The fourth-order valence-corrected chi connectivity index (χ4v) is 3.73. The second-order valence-corrected chi connectivity index (χ2v) is 7.81. The number of imidazole rings is 1. The second-order valence-electron chi connectivity index (χ2n) is 6.09. The van der Waals surface area contributed by atoms with Gasteiger partial charge in [-0.05, 0) is 56.3 Å². The SMILES string of the molecule is CC(C)NS(=O)(=O)c1ccc(C(=O)Nc2ccc3[nH]c(=O)[nH]c3c2)cc1. The van der Waals surface area contributed by atoms with Crippen molar-refractivity contribution in [2.75, 3.05) is 5.32 Å². The van der Waals surface area contributed by atoms with Crippen LogP contribution in [0.25, 0.3) is 11.0 Å². The average Bonchev–Trinajstić information content (AvgIpc) is 2.93. The van der Waals surface area contributed by atoms with E-state index in [0.717, 1.165) is 0 Å².